The van der Waals surface area contributed by atoms with Gasteiger partial charge in [0.05, 0.1) is 18.9 Å². The third-order valence-corrected chi connectivity index (χ3v) is 6.58. The van der Waals surface area contributed by atoms with Gasteiger partial charge in [0, 0.05) is 25.5 Å². The summed E-state index contributed by atoms with van der Waals surface area (Å²) in [5.41, 5.74) is -0.505. The van der Waals surface area contributed by atoms with Crippen molar-refractivity contribution in [3.63, 3.8) is 0 Å². The minimum absolute atomic E-state index is 0.154. The van der Waals surface area contributed by atoms with Crippen molar-refractivity contribution in [3.8, 4) is 0 Å². The number of fused-ring (bicyclic) bond motifs is 1. The van der Waals surface area contributed by atoms with E-state index in [0.29, 0.717) is 13.1 Å². The van der Waals surface area contributed by atoms with Gasteiger partial charge < -0.3 is 24.7 Å². The SMILES string of the molecule is CCNC(=O)[C@@H](NC(=O)[C@H](Cc1ccc2ccccc2c1)[C@H](OCCn1ccnc1)C(=O)OC(C)(C)C)C(C)(C)C. The molecule has 0 spiro atoms. The van der Waals surface area contributed by atoms with Crippen LogP contribution in [0.15, 0.2) is 61.2 Å². The van der Waals surface area contributed by atoms with E-state index >= 15 is 0 Å². The first-order valence-corrected chi connectivity index (χ1v) is 14.1. The number of amides is 2. The number of ether oxygens (including phenoxy) is 2. The predicted molar refractivity (Wildman–Crippen MR) is 159 cm³/mol. The predicted octanol–water partition coefficient (Wildman–Crippen LogP) is 4.29. The number of nitrogens with zero attached hydrogens (tertiary/aromatic N) is 2. The highest BCUT2D eigenvalue weighted by Crippen LogP contribution is 2.25. The number of rotatable bonds is 12. The van der Waals surface area contributed by atoms with Crippen LogP contribution in [-0.4, -0.2) is 58.2 Å². The van der Waals surface area contributed by atoms with Crippen LogP contribution in [0.5, 0.6) is 0 Å². The van der Waals surface area contributed by atoms with Crippen molar-refractivity contribution in [3.05, 3.63) is 66.7 Å². The van der Waals surface area contributed by atoms with Crippen LogP contribution >= 0.6 is 0 Å². The molecular weight excluding hydrogens is 520 g/mol. The summed E-state index contributed by atoms with van der Waals surface area (Å²) in [5.74, 6) is -2.34. The molecule has 0 aliphatic heterocycles. The molecule has 0 saturated heterocycles. The lowest BCUT2D eigenvalue weighted by Gasteiger charge is -2.33. The van der Waals surface area contributed by atoms with E-state index in [1.807, 2.05) is 74.7 Å². The van der Waals surface area contributed by atoms with Gasteiger partial charge in [0.25, 0.3) is 0 Å². The Bertz CT molecular complexity index is 1310. The maximum Gasteiger partial charge on any atom is 0.336 e. The molecule has 41 heavy (non-hydrogen) atoms. The van der Waals surface area contributed by atoms with Gasteiger partial charge in [-0.1, -0.05) is 63.2 Å². The Balaban J connectivity index is 1.99. The van der Waals surface area contributed by atoms with Crippen molar-refractivity contribution in [2.75, 3.05) is 13.2 Å². The molecular formula is C32H44N4O5. The number of likely N-dealkylation sites (N-methyl/N-ethyl adjacent to an activating group) is 1. The number of carbonyl (C=O) groups excluding carboxylic acids is 3. The van der Waals surface area contributed by atoms with Crippen molar-refractivity contribution in [2.24, 2.45) is 11.3 Å². The topological polar surface area (TPSA) is 112 Å². The van der Waals surface area contributed by atoms with Crippen LogP contribution in [0.3, 0.4) is 0 Å². The first-order chi connectivity index (χ1) is 19.3. The van der Waals surface area contributed by atoms with E-state index in [4.69, 9.17) is 9.47 Å². The molecule has 222 valence electrons. The van der Waals surface area contributed by atoms with Gasteiger partial charge in [-0.05, 0) is 55.9 Å². The van der Waals surface area contributed by atoms with Crippen LogP contribution in [-0.2, 0) is 36.8 Å². The number of nitrogens with one attached hydrogen (secondary N) is 2. The van der Waals surface area contributed by atoms with Crippen molar-refractivity contribution in [1.82, 2.24) is 20.2 Å². The van der Waals surface area contributed by atoms with Crippen LogP contribution in [0.1, 0.15) is 54.0 Å². The van der Waals surface area contributed by atoms with Gasteiger partial charge >= 0.3 is 5.97 Å². The molecule has 9 heteroatoms. The van der Waals surface area contributed by atoms with Gasteiger partial charge in [0.15, 0.2) is 6.10 Å². The zero-order chi connectivity index (χ0) is 30.2. The molecule has 1 heterocycles. The zero-order valence-corrected chi connectivity index (χ0v) is 25.3. The van der Waals surface area contributed by atoms with Gasteiger partial charge in [-0.15, -0.1) is 0 Å². The molecule has 3 aromatic rings. The third-order valence-electron chi connectivity index (χ3n) is 6.58. The van der Waals surface area contributed by atoms with E-state index in [1.165, 1.54) is 0 Å². The average Bonchev–Trinajstić information content (AvgIpc) is 3.40. The van der Waals surface area contributed by atoms with Gasteiger partial charge in [-0.2, -0.15) is 0 Å². The highest BCUT2D eigenvalue weighted by molar-refractivity contribution is 5.92. The highest BCUT2D eigenvalue weighted by Gasteiger charge is 2.41. The van der Waals surface area contributed by atoms with Crippen molar-refractivity contribution < 1.29 is 23.9 Å². The van der Waals surface area contributed by atoms with E-state index in [-0.39, 0.29) is 18.9 Å². The monoisotopic (exact) mass is 564 g/mol. The quantitative estimate of drug-likeness (QED) is 0.318. The number of esters is 1. The van der Waals surface area contributed by atoms with Crippen molar-refractivity contribution in [2.45, 2.75) is 79.2 Å². The molecule has 0 unspecified atom stereocenters. The molecule has 0 saturated carbocycles. The minimum Gasteiger partial charge on any atom is -0.458 e. The lowest BCUT2D eigenvalue weighted by atomic mass is 9.84. The largest absolute Gasteiger partial charge is 0.458 e. The molecule has 3 atom stereocenters. The molecule has 0 aliphatic carbocycles. The Hall–Kier alpha value is -3.72. The summed E-state index contributed by atoms with van der Waals surface area (Å²) < 4.78 is 13.7. The van der Waals surface area contributed by atoms with Crippen molar-refractivity contribution >= 4 is 28.6 Å². The summed E-state index contributed by atoms with van der Waals surface area (Å²) in [7, 11) is 0. The zero-order valence-electron chi connectivity index (χ0n) is 25.3. The van der Waals surface area contributed by atoms with Gasteiger partial charge in [0.1, 0.15) is 11.6 Å². The fraction of sp³-hybridized carbons (Fsp3) is 0.500. The Morgan fingerprint density at radius 1 is 0.976 bits per heavy atom. The Morgan fingerprint density at radius 2 is 1.68 bits per heavy atom. The van der Waals surface area contributed by atoms with Crippen LogP contribution in [0.25, 0.3) is 10.8 Å². The Kier molecular flexibility index (Phi) is 10.7. The van der Waals surface area contributed by atoms with E-state index < -0.39 is 41.0 Å². The Labute approximate surface area is 243 Å². The van der Waals surface area contributed by atoms with E-state index in [2.05, 4.69) is 15.6 Å². The van der Waals surface area contributed by atoms with Crippen LogP contribution < -0.4 is 10.6 Å². The fourth-order valence-electron chi connectivity index (χ4n) is 4.57. The summed E-state index contributed by atoms with van der Waals surface area (Å²) in [6.45, 7) is 13.8. The van der Waals surface area contributed by atoms with Gasteiger partial charge in [0.2, 0.25) is 11.8 Å². The number of hydrogen-bond donors (Lipinski definition) is 2. The molecule has 0 bridgehead atoms. The minimum atomic E-state index is -1.21. The average molecular weight is 565 g/mol. The number of aromatic nitrogens is 2. The Morgan fingerprint density at radius 3 is 2.29 bits per heavy atom. The summed E-state index contributed by atoms with van der Waals surface area (Å²) >= 11 is 0. The highest BCUT2D eigenvalue weighted by atomic mass is 16.6. The maximum absolute atomic E-state index is 14.1. The molecule has 0 radical (unpaired) electrons. The standard InChI is InChI=1S/C32H44N4O5/c1-8-34-29(38)27(31(2,3)4)35-28(37)25(20-22-13-14-23-11-9-10-12-24(23)19-22)26(30(39)41-32(5,6)7)40-18-17-36-16-15-33-21-36/h9-16,19,21,25-27H,8,17-18,20H2,1-7H3,(H,34,38)(H,35,37)/t25-,26+,27-/m1/s1. The molecule has 9 nitrogen and oxygen atoms in total. The molecule has 0 fully saturated rings. The first kappa shape index (κ1) is 31.8. The number of benzene rings is 2. The summed E-state index contributed by atoms with van der Waals surface area (Å²) in [5, 5.41) is 7.85. The summed E-state index contributed by atoms with van der Waals surface area (Å²) in [4.78, 5) is 44.7. The van der Waals surface area contributed by atoms with Gasteiger partial charge in [-0.25, -0.2) is 9.78 Å². The molecule has 3 rings (SSSR count). The molecule has 2 amide bonds. The lowest BCUT2D eigenvalue weighted by Crippen LogP contribution is -2.57. The summed E-state index contributed by atoms with van der Waals surface area (Å²) in [6.07, 6.45) is 4.11. The fourth-order valence-corrected chi connectivity index (χ4v) is 4.57. The lowest BCUT2D eigenvalue weighted by molar-refractivity contribution is -0.175. The normalized spacial score (nSPS) is 14.2. The van der Waals surface area contributed by atoms with E-state index in [1.54, 1.807) is 39.5 Å². The molecule has 0 aliphatic rings. The smallest absolute Gasteiger partial charge is 0.336 e. The second kappa shape index (κ2) is 13.8. The van der Waals surface area contributed by atoms with E-state index in [0.717, 1.165) is 16.3 Å². The van der Waals surface area contributed by atoms with Crippen LogP contribution in [0.2, 0.25) is 0 Å². The van der Waals surface area contributed by atoms with Crippen LogP contribution in [0, 0.1) is 11.3 Å². The molecule has 2 N–H and O–H groups in total. The molecule has 2 aromatic carbocycles. The maximum atomic E-state index is 14.1. The van der Waals surface area contributed by atoms with Crippen molar-refractivity contribution in [1.29, 1.82) is 0 Å². The number of imidazole rings is 1. The van der Waals surface area contributed by atoms with E-state index in [9.17, 15) is 14.4 Å². The number of carbonyl (C=O) groups is 3. The second-order valence-corrected chi connectivity index (χ2v) is 12.3. The van der Waals surface area contributed by atoms with Gasteiger partial charge in [-0.3, -0.25) is 9.59 Å². The summed E-state index contributed by atoms with van der Waals surface area (Å²) in [6, 6.07) is 13.1. The van der Waals surface area contributed by atoms with Crippen LogP contribution in [0.4, 0.5) is 0 Å². The molecule has 1 aromatic heterocycles. The second-order valence-electron chi connectivity index (χ2n) is 12.3. The third kappa shape index (κ3) is 9.42. The number of hydrogen-bond acceptors (Lipinski definition) is 6. The first-order valence-electron chi connectivity index (χ1n) is 14.1.